The molecule has 2 bridgehead atoms. The minimum atomic E-state index is -0.587. The van der Waals surface area contributed by atoms with Crippen molar-refractivity contribution in [2.45, 2.75) is 51.0 Å². The Bertz CT molecular complexity index is 1640. The van der Waals surface area contributed by atoms with Crippen LogP contribution in [-0.4, -0.2) is 90.5 Å². The topological polar surface area (TPSA) is 88.2 Å². The first kappa shape index (κ1) is 32.0. The van der Waals surface area contributed by atoms with E-state index >= 15 is 4.79 Å². The summed E-state index contributed by atoms with van der Waals surface area (Å²) in [6.07, 6.45) is 0.715. The number of methoxy groups -OCH3 is 6. The minimum Gasteiger partial charge on any atom is -0.496 e. The van der Waals surface area contributed by atoms with Crippen molar-refractivity contribution in [3.63, 3.8) is 0 Å². The number of ketones is 1. The van der Waals surface area contributed by atoms with Crippen molar-refractivity contribution in [3.05, 3.63) is 69.3 Å². The fourth-order valence-electron chi connectivity index (χ4n) is 8.10. The quantitative estimate of drug-likeness (QED) is 0.301. The number of hydrogen-bond acceptors (Lipinski definition) is 10. The van der Waals surface area contributed by atoms with Crippen molar-refractivity contribution in [1.29, 1.82) is 0 Å². The molecule has 1 fully saturated rings. The highest BCUT2D eigenvalue weighted by Gasteiger charge is 2.56. The smallest absolute Gasteiger partial charge is 0.186 e. The fourth-order valence-corrected chi connectivity index (χ4v) is 8.10. The zero-order valence-corrected chi connectivity index (χ0v) is 28.2. The molecule has 3 aliphatic rings. The summed E-state index contributed by atoms with van der Waals surface area (Å²) in [5, 5.41) is 0. The lowest BCUT2D eigenvalue weighted by atomic mass is 9.73. The van der Waals surface area contributed by atoms with Crippen LogP contribution >= 0.6 is 0 Å². The van der Waals surface area contributed by atoms with E-state index in [2.05, 4.69) is 16.8 Å². The van der Waals surface area contributed by atoms with Crippen LogP contribution in [-0.2, 0) is 17.8 Å². The third kappa shape index (κ3) is 4.68. The summed E-state index contributed by atoms with van der Waals surface area (Å²) in [7, 11) is 11.9. The summed E-state index contributed by atoms with van der Waals surface area (Å²) < 4.78 is 42.4. The molecule has 0 amide bonds. The molecule has 3 heterocycles. The number of carbonyl (C=O) groups is 1. The Balaban J connectivity index is 1.59. The minimum absolute atomic E-state index is 0.0566. The molecule has 0 saturated carbocycles. The second-order valence-electron chi connectivity index (χ2n) is 12.1. The van der Waals surface area contributed by atoms with Gasteiger partial charge >= 0.3 is 0 Å². The van der Waals surface area contributed by atoms with Crippen LogP contribution in [0.3, 0.4) is 0 Å². The standard InChI is InChI=1S/C36H44N2O8/c1-19-31(40-4)23-15-22-16-38-24(18-46-17-21-13-11-10-12-14-21)26-27(32(41-5)20(2)34(43-7)36(26)45-9)30(39)29(38)28(37(22)3)25(23)35(44-8)33(19)42-6/h10-14,22,24,28-29H,15-18H2,1-9H3/t22-,24-,28+,29-/m0/s1. The normalized spacial score (nSPS) is 22.0. The third-order valence-corrected chi connectivity index (χ3v) is 10.0. The number of ether oxygens (including phenoxy) is 7. The molecule has 10 heteroatoms. The van der Waals surface area contributed by atoms with Gasteiger partial charge in [0.2, 0.25) is 0 Å². The summed E-state index contributed by atoms with van der Waals surface area (Å²) in [6.45, 7) is 5.25. The lowest BCUT2D eigenvalue weighted by molar-refractivity contribution is -0.0569. The van der Waals surface area contributed by atoms with E-state index in [-0.39, 0.29) is 23.9 Å². The lowest BCUT2D eigenvalue weighted by Gasteiger charge is -2.57. The van der Waals surface area contributed by atoms with E-state index in [1.165, 1.54) is 0 Å². The van der Waals surface area contributed by atoms with E-state index in [4.69, 9.17) is 33.2 Å². The van der Waals surface area contributed by atoms with Gasteiger partial charge in [0.25, 0.3) is 0 Å². The zero-order valence-electron chi connectivity index (χ0n) is 28.2. The molecule has 0 aromatic heterocycles. The number of rotatable bonds is 10. The average molecular weight is 633 g/mol. The van der Waals surface area contributed by atoms with Crippen molar-refractivity contribution < 1.29 is 38.0 Å². The highest BCUT2D eigenvalue weighted by Crippen LogP contribution is 2.58. The van der Waals surface area contributed by atoms with Gasteiger partial charge in [-0.2, -0.15) is 0 Å². The Hall–Kier alpha value is -3.99. The second kappa shape index (κ2) is 12.7. The molecule has 4 atom stereocenters. The van der Waals surface area contributed by atoms with Crippen LogP contribution in [0.5, 0.6) is 34.5 Å². The number of fused-ring (bicyclic) bond motifs is 7. The van der Waals surface area contributed by atoms with E-state index in [1.807, 2.05) is 44.2 Å². The second-order valence-corrected chi connectivity index (χ2v) is 12.1. The van der Waals surface area contributed by atoms with Crippen LogP contribution < -0.4 is 28.4 Å². The number of piperazine rings is 1. The van der Waals surface area contributed by atoms with Crippen LogP contribution in [0.2, 0.25) is 0 Å². The van der Waals surface area contributed by atoms with E-state index in [1.54, 1.807) is 42.7 Å². The first-order valence-corrected chi connectivity index (χ1v) is 15.5. The summed E-state index contributed by atoms with van der Waals surface area (Å²) in [4.78, 5) is 19.7. The van der Waals surface area contributed by atoms with Crippen LogP contribution in [0.25, 0.3) is 0 Å². The number of nitrogens with zero attached hydrogens (tertiary/aromatic N) is 2. The fraction of sp³-hybridized carbons (Fsp3) is 0.472. The largest absolute Gasteiger partial charge is 0.496 e. The van der Waals surface area contributed by atoms with Crippen molar-refractivity contribution in [2.75, 3.05) is 62.9 Å². The van der Waals surface area contributed by atoms with Crippen LogP contribution in [0.15, 0.2) is 30.3 Å². The number of Topliss-reactive ketones (excluding diaryl/α,β-unsaturated/α-hetero) is 1. The van der Waals surface area contributed by atoms with Gasteiger partial charge in [-0.3, -0.25) is 14.6 Å². The van der Waals surface area contributed by atoms with Gasteiger partial charge in [0.15, 0.2) is 28.8 Å². The zero-order chi connectivity index (χ0) is 32.9. The Morgan fingerprint density at radius 2 is 1.28 bits per heavy atom. The lowest BCUT2D eigenvalue weighted by Crippen LogP contribution is -2.66. The summed E-state index contributed by atoms with van der Waals surface area (Å²) in [5.74, 6) is 3.50. The summed E-state index contributed by atoms with van der Waals surface area (Å²) in [5.41, 5.74) is 5.83. The van der Waals surface area contributed by atoms with Gasteiger partial charge in [0.05, 0.1) is 79.6 Å². The molecule has 0 unspecified atom stereocenters. The van der Waals surface area contributed by atoms with Crippen LogP contribution in [0.1, 0.15) is 55.8 Å². The van der Waals surface area contributed by atoms with Crippen molar-refractivity contribution in [3.8, 4) is 34.5 Å². The molecule has 0 N–H and O–H groups in total. The van der Waals surface area contributed by atoms with E-state index in [9.17, 15) is 0 Å². The van der Waals surface area contributed by atoms with Crippen molar-refractivity contribution >= 4 is 5.78 Å². The molecule has 1 saturated heterocycles. The maximum atomic E-state index is 15.1. The van der Waals surface area contributed by atoms with E-state index in [0.29, 0.717) is 66.1 Å². The number of benzene rings is 3. The molecule has 0 aliphatic carbocycles. The highest BCUT2D eigenvalue weighted by molar-refractivity contribution is 6.07. The molecule has 6 rings (SSSR count). The Labute approximate surface area is 271 Å². The molecule has 3 aliphatic heterocycles. The molecular weight excluding hydrogens is 588 g/mol. The van der Waals surface area contributed by atoms with Gasteiger partial charge in [0, 0.05) is 40.4 Å². The molecule has 3 aromatic rings. The first-order chi connectivity index (χ1) is 22.3. The molecule has 0 radical (unpaired) electrons. The monoisotopic (exact) mass is 632 g/mol. The molecule has 3 aromatic carbocycles. The summed E-state index contributed by atoms with van der Waals surface area (Å²) in [6, 6.07) is 8.89. The number of carbonyl (C=O) groups excluding carboxylic acids is 1. The SMILES string of the molecule is COc1c(C)c(OC)c(OC)c2c1C[C@H]1CN3[C@H](C(=O)c4c(OC)c(C)c(OC)c(OC)c4[C@@H]3COCc3ccccc3)[C@@H]2N1C. The third-order valence-electron chi connectivity index (χ3n) is 10.0. The van der Waals surface area contributed by atoms with E-state index < -0.39 is 6.04 Å². The van der Waals surface area contributed by atoms with Gasteiger partial charge in [-0.25, -0.2) is 0 Å². The molecule has 246 valence electrons. The Morgan fingerprint density at radius 3 is 1.87 bits per heavy atom. The van der Waals surface area contributed by atoms with Gasteiger partial charge < -0.3 is 33.2 Å². The van der Waals surface area contributed by atoms with Crippen molar-refractivity contribution in [2.24, 2.45) is 0 Å². The number of likely N-dealkylation sites (N-methyl/N-ethyl adjacent to an activating group) is 1. The van der Waals surface area contributed by atoms with Crippen LogP contribution in [0.4, 0.5) is 0 Å². The molecule has 46 heavy (non-hydrogen) atoms. The molecular formula is C36H44N2O8. The highest BCUT2D eigenvalue weighted by atomic mass is 16.5. The predicted octanol–water partition coefficient (Wildman–Crippen LogP) is 5.09. The predicted molar refractivity (Wildman–Crippen MR) is 173 cm³/mol. The van der Waals surface area contributed by atoms with E-state index in [0.717, 1.165) is 33.6 Å². The van der Waals surface area contributed by atoms with Crippen molar-refractivity contribution in [1.82, 2.24) is 9.80 Å². The molecule has 0 spiro atoms. The Kier molecular flexibility index (Phi) is 8.80. The summed E-state index contributed by atoms with van der Waals surface area (Å²) >= 11 is 0. The molecule has 10 nitrogen and oxygen atoms in total. The van der Waals surface area contributed by atoms with Gasteiger partial charge in [-0.05, 0) is 32.9 Å². The van der Waals surface area contributed by atoms with Gasteiger partial charge in [-0.15, -0.1) is 0 Å². The van der Waals surface area contributed by atoms with Gasteiger partial charge in [-0.1, -0.05) is 30.3 Å². The number of hydrogen-bond donors (Lipinski definition) is 0. The van der Waals surface area contributed by atoms with Gasteiger partial charge in [0.1, 0.15) is 11.5 Å². The average Bonchev–Trinajstić information content (AvgIpc) is 3.06. The maximum Gasteiger partial charge on any atom is 0.186 e. The first-order valence-electron chi connectivity index (χ1n) is 15.5. The Morgan fingerprint density at radius 1 is 0.717 bits per heavy atom. The maximum absolute atomic E-state index is 15.1. The van der Waals surface area contributed by atoms with Crippen LogP contribution in [0, 0.1) is 13.8 Å².